The lowest BCUT2D eigenvalue weighted by molar-refractivity contribution is -0.139. The minimum atomic E-state index is -1.19. The summed E-state index contributed by atoms with van der Waals surface area (Å²) in [6.07, 6.45) is 0. The van der Waals surface area contributed by atoms with Crippen LogP contribution < -0.4 is 10.1 Å². The van der Waals surface area contributed by atoms with Gasteiger partial charge in [0.25, 0.3) is 0 Å². The number of halogens is 1. The Labute approximate surface area is 90.8 Å². The SMILES string of the molecule is CC(=O)Nc1ccc(OCC(=O)O)c(F)c1. The highest BCUT2D eigenvalue weighted by atomic mass is 19.1. The zero-order chi connectivity index (χ0) is 12.1. The van der Waals surface area contributed by atoms with E-state index in [-0.39, 0.29) is 17.3 Å². The van der Waals surface area contributed by atoms with Gasteiger partial charge in [-0.3, -0.25) is 4.79 Å². The van der Waals surface area contributed by atoms with Crippen molar-refractivity contribution in [3.8, 4) is 5.75 Å². The molecule has 0 unspecified atom stereocenters. The molecule has 2 N–H and O–H groups in total. The van der Waals surface area contributed by atoms with Crippen molar-refractivity contribution in [2.24, 2.45) is 0 Å². The molecular formula is C10H10FNO4. The average Bonchev–Trinajstić information content (AvgIpc) is 2.15. The van der Waals surface area contributed by atoms with Crippen LogP contribution in [0.5, 0.6) is 5.75 Å². The van der Waals surface area contributed by atoms with Crippen molar-refractivity contribution in [3.05, 3.63) is 24.0 Å². The van der Waals surface area contributed by atoms with Gasteiger partial charge < -0.3 is 15.2 Å². The largest absolute Gasteiger partial charge is 0.479 e. The first-order chi connectivity index (χ1) is 7.49. The molecule has 1 amide bonds. The van der Waals surface area contributed by atoms with Crippen molar-refractivity contribution >= 4 is 17.6 Å². The summed E-state index contributed by atoms with van der Waals surface area (Å²) in [6, 6.07) is 3.73. The fourth-order valence-corrected chi connectivity index (χ4v) is 1.04. The van der Waals surface area contributed by atoms with E-state index in [0.29, 0.717) is 0 Å². The first-order valence-electron chi connectivity index (χ1n) is 4.41. The first-order valence-corrected chi connectivity index (χ1v) is 4.41. The van der Waals surface area contributed by atoms with Crippen LogP contribution in [-0.4, -0.2) is 23.6 Å². The molecule has 0 saturated carbocycles. The number of carbonyl (C=O) groups is 2. The Kier molecular flexibility index (Phi) is 3.82. The smallest absolute Gasteiger partial charge is 0.341 e. The van der Waals surface area contributed by atoms with E-state index in [1.807, 2.05) is 0 Å². The molecule has 0 radical (unpaired) electrons. The van der Waals surface area contributed by atoms with E-state index in [2.05, 4.69) is 10.1 Å². The van der Waals surface area contributed by atoms with Crippen LogP contribution in [-0.2, 0) is 9.59 Å². The van der Waals surface area contributed by atoms with Crippen LogP contribution >= 0.6 is 0 Å². The third-order valence-electron chi connectivity index (χ3n) is 1.60. The predicted molar refractivity (Wildman–Crippen MR) is 53.8 cm³/mol. The standard InChI is InChI=1S/C10H10FNO4/c1-6(13)12-7-2-3-9(8(11)4-7)16-5-10(14)15/h2-4H,5H2,1H3,(H,12,13)(H,14,15). The van der Waals surface area contributed by atoms with Crippen LogP contribution in [0.15, 0.2) is 18.2 Å². The van der Waals surface area contributed by atoms with Gasteiger partial charge in [0.2, 0.25) is 5.91 Å². The Morgan fingerprint density at radius 1 is 1.50 bits per heavy atom. The summed E-state index contributed by atoms with van der Waals surface area (Å²) in [6.45, 7) is 0.684. The van der Waals surface area contributed by atoms with Crippen LogP contribution in [0.2, 0.25) is 0 Å². The molecule has 6 heteroatoms. The number of carboxylic acids is 1. The number of benzene rings is 1. The molecule has 1 aromatic carbocycles. The molecule has 1 rings (SSSR count). The number of carboxylic acid groups (broad SMARTS) is 1. The molecular weight excluding hydrogens is 217 g/mol. The lowest BCUT2D eigenvalue weighted by Gasteiger charge is -2.06. The molecule has 0 atom stereocenters. The molecule has 0 bridgehead atoms. The molecule has 0 aliphatic rings. The number of anilines is 1. The van der Waals surface area contributed by atoms with E-state index < -0.39 is 18.4 Å². The van der Waals surface area contributed by atoms with Crippen LogP contribution in [0, 0.1) is 5.82 Å². The minimum Gasteiger partial charge on any atom is -0.479 e. The number of rotatable bonds is 4. The zero-order valence-electron chi connectivity index (χ0n) is 8.49. The van der Waals surface area contributed by atoms with Gasteiger partial charge in [0.05, 0.1) is 0 Å². The van der Waals surface area contributed by atoms with E-state index in [0.717, 1.165) is 6.07 Å². The van der Waals surface area contributed by atoms with Crippen molar-refractivity contribution in [2.45, 2.75) is 6.92 Å². The van der Waals surface area contributed by atoms with E-state index in [1.54, 1.807) is 0 Å². The average molecular weight is 227 g/mol. The van der Waals surface area contributed by atoms with E-state index in [1.165, 1.54) is 19.1 Å². The Morgan fingerprint density at radius 3 is 2.69 bits per heavy atom. The molecule has 0 spiro atoms. The summed E-state index contributed by atoms with van der Waals surface area (Å²) in [5, 5.41) is 10.7. The third-order valence-corrected chi connectivity index (χ3v) is 1.60. The predicted octanol–water partition coefficient (Wildman–Crippen LogP) is 1.25. The maximum atomic E-state index is 13.3. The van der Waals surface area contributed by atoms with Gasteiger partial charge in [-0.2, -0.15) is 0 Å². The second-order valence-electron chi connectivity index (χ2n) is 3.01. The second kappa shape index (κ2) is 5.11. The van der Waals surface area contributed by atoms with Crippen molar-refractivity contribution < 1.29 is 23.8 Å². The van der Waals surface area contributed by atoms with Gasteiger partial charge in [-0.1, -0.05) is 0 Å². The molecule has 0 aliphatic carbocycles. The summed E-state index contributed by atoms with van der Waals surface area (Å²) in [7, 11) is 0. The Hall–Kier alpha value is -2.11. The molecule has 0 heterocycles. The Balaban J connectivity index is 2.75. The van der Waals surface area contributed by atoms with E-state index in [4.69, 9.17) is 5.11 Å². The zero-order valence-corrected chi connectivity index (χ0v) is 8.49. The van der Waals surface area contributed by atoms with Crippen LogP contribution in [0.3, 0.4) is 0 Å². The van der Waals surface area contributed by atoms with Gasteiger partial charge in [-0.25, -0.2) is 9.18 Å². The normalized spacial score (nSPS) is 9.62. The highest BCUT2D eigenvalue weighted by Gasteiger charge is 2.07. The van der Waals surface area contributed by atoms with Gasteiger partial charge in [0, 0.05) is 18.7 Å². The number of aliphatic carboxylic acids is 1. The number of carbonyl (C=O) groups excluding carboxylic acids is 1. The van der Waals surface area contributed by atoms with Crippen LogP contribution in [0.1, 0.15) is 6.92 Å². The molecule has 0 aliphatic heterocycles. The number of ether oxygens (including phenoxy) is 1. The summed E-state index contributed by atoms with van der Waals surface area (Å²) in [5.41, 5.74) is 0.285. The molecule has 5 nitrogen and oxygen atoms in total. The lowest BCUT2D eigenvalue weighted by Crippen LogP contribution is -2.11. The number of amides is 1. The number of nitrogens with one attached hydrogen (secondary N) is 1. The van der Waals surface area contributed by atoms with E-state index in [9.17, 15) is 14.0 Å². The fourth-order valence-electron chi connectivity index (χ4n) is 1.04. The first kappa shape index (κ1) is 12.0. The summed E-state index contributed by atoms with van der Waals surface area (Å²) in [5.74, 6) is -2.41. The maximum Gasteiger partial charge on any atom is 0.341 e. The minimum absolute atomic E-state index is 0.170. The second-order valence-corrected chi connectivity index (χ2v) is 3.01. The van der Waals surface area contributed by atoms with Gasteiger partial charge in [-0.05, 0) is 12.1 Å². The highest BCUT2D eigenvalue weighted by Crippen LogP contribution is 2.20. The Bertz CT molecular complexity index is 419. The molecule has 0 saturated heterocycles. The quantitative estimate of drug-likeness (QED) is 0.811. The topological polar surface area (TPSA) is 75.6 Å². The molecule has 86 valence electrons. The molecule has 0 aromatic heterocycles. The third kappa shape index (κ3) is 3.56. The van der Waals surface area contributed by atoms with Gasteiger partial charge in [0.15, 0.2) is 18.2 Å². The number of hydrogen-bond donors (Lipinski definition) is 2. The maximum absolute atomic E-state index is 13.3. The number of hydrogen-bond acceptors (Lipinski definition) is 3. The monoisotopic (exact) mass is 227 g/mol. The molecule has 1 aromatic rings. The van der Waals surface area contributed by atoms with Crippen LogP contribution in [0.4, 0.5) is 10.1 Å². The molecule has 16 heavy (non-hydrogen) atoms. The molecule has 0 fully saturated rings. The van der Waals surface area contributed by atoms with Crippen molar-refractivity contribution in [3.63, 3.8) is 0 Å². The van der Waals surface area contributed by atoms with Gasteiger partial charge in [-0.15, -0.1) is 0 Å². The van der Waals surface area contributed by atoms with E-state index >= 15 is 0 Å². The van der Waals surface area contributed by atoms with Gasteiger partial charge >= 0.3 is 5.97 Å². The lowest BCUT2D eigenvalue weighted by atomic mass is 10.3. The Morgan fingerprint density at radius 2 is 2.19 bits per heavy atom. The highest BCUT2D eigenvalue weighted by molar-refractivity contribution is 5.88. The van der Waals surface area contributed by atoms with Crippen molar-refractivity contribution in [1.29, 1.82) is 0 Å². The summed E-state index contributed by atoms with van der Waals surface area (Å²) < 4.78 is 18.0. The summed E-state index contributed by atoms with van der Waals surface area (Å²) >= 11 is 0. The fraction of sp³-hybridized carbons (Fsp3) is 0.200. The summed E-state index contributed by atoms with van der Waals surface area (Å²) in [4.78, 5) is 20.9. The van der Waals surface area contributed by atoms with Crippen molar-refractivity contribution in [1.82, 2.24) is 0 Å². The van der Waals surface area contributed by atoms with Crippen molar-refractivity contribution in [2.75, 3.05) is 11.9 Å². The van der Waals surface area contributed by atoms with Gasteiger partial charge in [0.1, 0.15) is 0 Å². The van der Waals surface area contributed by atoms with Crippen LogP contribution in [0.25, 0.3) is 0 Å².